The van der Waals surface area contributed by atoms with Crippen molar-refractivity contribution >= 4 is 20.4 Å². The summed E-state index contributed by atoms with van der Waals surface area (Å²) in [6.45, 7) is 51.5. The van der Waals surface area contributed by atoms with Gasteiger partial charge in [0.15, 0.2) is 0 Å². The highest BCUT2D eigenvalue weighted by Gasteiger charge is 2.55. The third-order valence-corrected chi connectivity index (χ3v) is 22.1. The zero-order valence-electron chi connectivity index (χ0n) is 49.0. The number of methoxy groups -OCH3 is 1. The van der Waals surface area contributed by atoms with Crippen molar-refractivity contribution in [1.29, 1.82) is 0 Å². The highest BCUT2D eigenvalue weighted by Crippen LogP contribution is 2.56. The lowest BCUT2D eigenvalue weighted by Crippen LogP contribution is -2.56. The fourth-order valence-corrected chi connectivity index (χ4v) is 18.2. The summed E-state index contributed by atoms with van der Waals surface area (Å²) in [5.74, 6) is 1.34. The molecular weight excluding hydrogens is 863 g/mol. The van der Waals surface area contributed by atoms with Gasteiger partial charge in [0.1, 0.15) is 6.10 Å². The molecule has 3 aliphatic rings. The molecule has 1 aliphatic carbocycles. The molecule has 400 valence electrons. The highest BCUT2D eigenvalue weighted by molar-refractivity contribution is 6.69. The number of nitrogens with zero attached hydrogens (tertiary/aromatic N) is 1. The van der Waals surface area contributed by atoms with Crippen LogP contribution in [0.15, 0.2) is 0 Å². The summed E-state index contributed by atoms with van der Waals surface area (Å²) in [4.78, 5) is 28.2. The number of carbonyl (C=O) groups excluding carboxylic acids is 2. The third-order valence-electron chi connectivity index (χ3n) is 17.8. The predicted octanol–water partition coefficient (Wildman–Crippen LogP) is 15.7. The van der Waals surface area contributed by atoms with Crippen LogP contribution in [0.3, 0.4) is 0 Å². The van der Waals surface area contributed by atoms with Crippen LogP contribution in [0, 0.1) is 55.2 Å². The number of hydrogen-bond acceptors (Lipinski definition) is 7. The Bertz CT molecular complexity index is 1560. The summed E-state index contributed by atoms with van der Waals surface area (Å²) < 4.78 is 32.0. The Morgan fingerprint density at radius 1 is 0.706 bits per heavy atom. The monoisotopic (exact) mass is 976 g/mol. The Morgan fingerprint density at radius 3 is 1.79 bits per heavy atom. The highest BCUT2D eigenvalue weighted by atomic mass is 28.4. The third kappa shape index (κ3) is 17.9. The number of hydrogen-bond donors (Lipinski definition) is 0. The number of rotatable bonds is 31. The maximum absolute atomic E-state index is 13.1. The Hall–Kier alpha value is -1.00. The lowest BCUT2D eigenvalue weighted by Gasteiger charge is -2.49. The molecule has 3 rings (SSSR count). The summed E-state index contributed by atoms with van der Waals surface area (Å²) >= 11 is 0. The summed E-state index contributed by atoms with van der Waals surface area (Å²) in [6, 6.07) is 0.220. The average molecular weight is 977 g/mol. The van der Waals surface area contributed by atoms with E-state index in [1.54, 1.807) is 14.0 Å². The molecule has 68 heavy (non-hydrogen) atoms. The maximum atomic E-state index is 13.1. The number of likely N-dealkylation sites (tertiary alicyclic amines) is 1. The van der Waals surface area contributed by atoms with E-state index in [2.05, 4.69) is 143 Å². The number of ether oxygens (including phenoxy) is 3. The van der Waals surface area contributed by atoms with Gasteiger partial charge in [-0.05, 0) is 147 Å². The first-order valence-electron chi connectivity index (χ1n) is 27.9. The molecule has 7 unspecified atom stereocenters. The molecule has 1 saturated carbocycles. The molecule has 9 heteroatoms. The minimum atomic E-state index is -2.71. The molecule has 0 aromatic heterocycles. The van der Waals surface area contributed by atoms with E-state index in [0.29, 0.717) is 61.4 Å². The van der Waals surface area contributed by atoms with E-state index in [0.717, 1.165) is 70.8 Å². The van der Waals surface area contributed by atoms with Crippen molar-refractivity contribution in [2.24, 2.45) is 55.2 Å². The largest absolute Gasteiger partial charge is 0.462 e. The normalized spacial score (nSPS) is 22.2. The molecule has 8 nitrogen and oxygen atoms in total. The second-order valence-corrected chi connectivity index (χ2v) is 32.3. The zero-order valence-corrected chi connectivity index (χ0v) is 50.0. The van der Waals surface area contributed by atoms with Gasteiger partial charge in [0, 0.05) is 57.2 Å². The predicted molar refractivity (Wildman–Crippen MR) is 287 cm³/mol. The van der Waals surface area contributed by atoms with Gasteiger partial charge in [0.2, 0.25) is 5.91 Å². The van der Waals surface area contributed by atoms with Gasteiger partial charge in [-0.15, -0.1) is 0 Å². The first-order valence-corrected chi connectivity index (χ1v) is 30.0. The standard InChI is InChI=1S/C59H113NO7Si/c1-23-56(14,15)50(68(42-63-22,64-24-2)65-25-3)40-53(8,9)33-34-57(16,17)45(44-29-30-46-47(36-44)67-46)37-54(10,11)41-55(12,13)39-49(66-43(4)61)59(20,21)32-27-31-58(18,19)48(38-52(5,6)7)60-35-26-28-51(60)62/h44-50H,23-42H2,1-22H3. The van der Waals surface area contributed by atoms with Crippen molar-refractivity contribution in [2.75, 3.05) is 33.1 Å². The summed E-state index contributed by atoms with van der Waals surface area (Å²) in [7, 11) is -0.909. The summed E-state index contributed by atoms with van der Waals surface area (Å²) in [6.07, 6.45) is 18.1. The van der Waals surface area contributed by atoms with Crippen LogP contribution in [0.5, 0.6) is 0 Å². The molecule has 0 spiro atoms. The van der Waals surface area contributed by atoms with Crippen LogP contribution in [-0.4, -0.2) is 82.8 Å². The lowest BCUT2D eigenvalue weighted by atomic mass is 9.58. The molecule has 2 aliphatic heterocycles. The smallest absolute Gasteiger partial charge is 0.368 e. The van der Waals surface area contributed by atoms with Gasteiger partial charge in [-0.2, -0.15) is 0 Å². The Kier molecular flexibility index (Phi) is 21.5. The van der Waals surface area contributed by atoms with E-state index in [1.807, 2.05) is 0 Å². The topological polar surface area (TPSA) is 86.8 Å². The van der Waals surface area contributed by atoms with Gasteiger partial charge >= 0.3 is 14.5 Å². The second kappa shape index (κ2) is 23.9. The molecule has 3 fully saturated rings. The molecular formula is C59H113NO7Si. The number of carbonyl (C=O) groups is 2. The van der Waals surface area contributed by atoms with Crippen molar-refractivity contribution in [3.63, 3.8) is 0 Å². The molecule has 0 N–H and O–H groups in total. The van der Waals surface area contributed by atoms with Crippen molar-refractivity contribution in [3.05, 3.63) is 0 Å². The lowest BCUT2D eigenvalue weighted by molar-refractivity contribution is -0.156. The zero-order chi connectivity index (χ0) is 52.0. The minimum absolute atomic E-state index is 0.0202. The van der Waals surface area contributed by atoms with Gasteiger partial charge in [-0.3, -0.25) is 9.59 Å². The van der Waals surface area contributed by atoms with E-state index in [1.165, 1.54) is 32.1 Å². The molecule has 1 amide bonds. The van der Waals surface area contributed by atoms with Crippen molar-refractivity contribution in [3.8, 4) is 0 Å². The molecule has 7 atom stereocenters. The Balaban J connectivity index is 1.83. The molecule has 0 radical (unpaired) electrons. The maximum Gasteiger partial charge on any atom is 0.368 e. The van der Waals surface area contributed by atoms with Crippen LogP contribution >= 0.6 is 0 Å². The van der Waals surface area contributed by atoms with Crippen molar-refractivity contribution in [2.45, 2.75) is 278 Å². The Labute approximate surface area is 422 Å². The quantitative estimate of drug-likeness (QED) is 0.0388. The van der Waals surface area contributed by atoms with Crippen molar-refractivity contribution < 1.29 is 32.7 Å². The van der Waals surface area contributed by atoms with Crippen LogP contribution in [-0.2, 0) is 32.7 Å². The van der Waals surface area contributed by atoms with Gasteiger partial charge in [0.25, 0.3) is 0 Å². The van der Waals surface area contributed by atoms with Gasteiger partial charge in [-0.25, -0.2) is 0 Å². The number of epoxide rings is 1. The molecule has 0 bridgehead atoms. The van der Waals surface area contributed by atoms with Crippen LogP contribution in [0.25, 0.3) is 0 Å². The number of fused-ring (bicyclic) bond motifs is 1. The SMILES string of the molecule is CCO[Si](COC)(OCC)C(CC(C)(C)CCC(C)(C)C(CC(C)(C)CC(C)(C)CC(OC(C)=O)C(C)(C)CCCC(C)(C)C(CC(C)(C)C)N1CCCC1=O)C1CCC2OC2C1)C(C)(C)CC. The first kappa shape index (κ1) is 61.3. The van der Waals surface area contributed by atoms with Crippen LogP contribution < -0.4 is 0 Å². The van der Waals surface area contributed by atoms with Crippen LogP contribution in [0.4, 0.5) is 0 Å². The van der Waals surface area contributed by atoms with E-state index in [9.17, 15) is 9.59 Å². The number of amides is 1. The summed E-state index contributed by atoms with van der Waals surface area (Å²) in [5.41, 5.74) is 0.493. The van der Waals surface area contributed by atoms with Gasteiger partial charge in [0.05, 0.1) is 18.4 Å². The molecule has 2 saturated heterocycles. The van der Waals surface area contributed by atoms with E-state index in [4.69, 9.17) is 23.1 Å². The fraction of sp³-hybridized carbons (Fsp3) is 0.966. The van der Waals surface area contributed by atoms with Gasteiger partial charge < -0.3 is 28.0 Å². The van der Waals surface area contributed by atoms with Crippen LogP contribution in [0.1, 0.15) is 248 Å². The molecule has 0 aromatic carbocycles. The average Bonchev–Trinajstić information content (AvgIpc) is 3.85. The summed E-state index contributed by atoms with van der Waals surface area (Å²) in [5, 5.41) is 0. The van der Waals surface area contributed by atoms with E-state index < -0.39 is 8.56 Å². The molecule has 2 heterocycles. The van der Waals surface area contributed by atoms with E-state index in [-0.39, 0.29) is 61.4 Å². The molecule has 0 aromatic rings. The number of esters is 1. The van der Waals surface area contributed by atoms with Gasteiger partial charge in [-0.1, -0.05) is 137 Å². The Morgan fingerprint density at radius 2 is 1.29 bits per heavy atom. The van der Waals surface area contributed by atoms with Crippen molar-refractivity contribution in [1.82, 2.24) is 4.90 Å². The van der Waals surface area contributed by atoms with E-state index >= 15 is 0 Å². The first-order chi connectivity index (χ1) is 31.0. The van der Waals surface area contributed by atoms with Crippen LogP contribution in [0.2, 0.25) is 5.54 Å². The minimum Gasteiger partial charge on any atom is -0.462 e. The second-order valence-electron chi connectivity index (χ2n) is 29.1. The fourth-order valence-electron chi connectivity index (χ4n) is 13.7.